The van der Waals surface area contributed by atoms with Crippen LogP contribution in [0, 0.1) is 5.82 Å². The van der Waals surface area contributed by atoms with E-state index in [2.05, 4.69) is 11.6 Å². The second kappa shape index (κ2) is 7.21. The molecule has 1 aromatic heterocycles. The van der Waals surface area contributed by atoms with Crippen molar-refractivity contribution in [1.29, 1.82) is 0 Å². The molecule has 0 aromatic carbocycles. The van der Waals surface area contributed by atoms with Crippen LogP contribution >= 0.6 is 0 Å². The van der Waals surface area contributed by atoms with E-state index < -0.39 is 17.9 Å². The molecule has 5 heteroatoms. The van der Waals surface area contributed by atoms with Crippen molar-refractivity contribution in [3.63, 3.8) is 0 Å². The maximum Gasteiger partial charge on any atom is 0.165 e. The number of halogens is 2. The zero-order valence-electron chi connectivity index (χ0n) is 13.9. The van der Waals surface area contributed by atoms with Crippen molar-refractivity contribution < 1.29 is 13.5 Å². The molecule has 0 aliphatic carbocycles. The lowest BCUT2D eigenvalue weighted by Gasteiger charge is -2.49. The number of aromatic nitrogens is 1. The molecule has 0 spiro atoms. The van der Waals surface area contributed by atoms with E-state index in [1.807, 2.05) is 11.8 Å². The third-order valence-electron chi connectivity index (χ3n) is 4.53. The minimum absolute atomic E-state index is 0.215. The fourth-order valence-electron chi connectivity index (χ4n) is 2.91. The highest BCUT2D eigenvalue weighted by molar-refractivity contribution is 5.47. The Morgan fingerprint density at radius 2 is 2.22 bits per heavy atom. The summed E-state index contributed by atoms with van der Waals surface area (Å²) in [6.07, 6.45) is 5.79. The molecule has 2 atom stereocenters. The molecular weight excluding hydrogens is 298 g/mol. The van der Waals surface area contributed by atoms with Gasteiger partial charge in [-0.2, -0.15) is 0 Å². The molecule has 0 N–H and O–H groups in total. The van der Waals surface area contributed by atoms with E-state index in [4.69, 9.17) is 4.74 Å². The number of ether oxygens (including phenoxy) is 1. The highest BCUT2D eigenvalue weighted by Gasteiger charge is 2.43. The van der Waals surface area contributed by atoms with Gasteiger partial charge in [0.25, 0.3) is 0 Å². The van der Waals surface area contributed by atoms with Gasteiger partial charge in [0.1, 0.15) is 11.8 Å². The minimum Gasteiger partial charge on any atom is -0.375 e. The zero-order valence-corrected chi connectivity index (χ0v) is 13.9. The molecule has 1 aromatic rings. The molecule has 1 aliphatic heterocycles. The van der Waals surface area contributed by atoms with Crippen molar-refractivity contribution in [1.82, 2.24) is 4.98 Å². The highest BCUT2D eigenvalue weighted by Crippen LogP contribution is 2.34. The largest absolute Gasteiger partial charge is 0.375 e. The van der Waals surface area contributed by atoms with E-state index in [0.717, 1.165) is 6.42 Å². The van der Waals surface area contributed by atoms with Gasteiger partial charge in [0.2, 0.25) is 0 Å². The molecule has 126 valence electrons. The van der Waals surface area contributed by atoms with E-state index in [1.54, 1.807) is 26.2 Å². The van der Waals surface area contributed by atoms with Crippen LogP contribution in [-0.4, -0.2) is 37.0 Å². The summed E-state index contributed by atoms with van der Waals surface area (Å²) in [5.74, 6) is -0.712. The Morgan fingerprint density at radius 3 is 2.70 bits per heavy atom. The second-order valence-electron chi connectivity index (χ2n) is 5.90. The van der Waals surface area contributed by atoms with Crippen LogP contribution in [0.5, 0.6) is 0 Å². The maximum atomic E-state index is 14.4. The fraction of sp³-hybridized carbons (Fsp3) is 0.500. The monoisotopic (exact) mass is 322 g/mol. The van der Waals surface area contributed by atoms with E-state index in [9.17, 15) is 8.78 Å². The lowest BCUT2D eigenvalue weighted by atomic mass is 9.90. The average Bonchev–Trinajstić information content (AvgIpc) is 2.53. The van der Waals surface area contributed by atoms with Gasteiger partial charge in [-0.25, -0.2) is 13.8 Å². The first-order valence-electron chi connectivity index (χ1n) is 7.85. The molecule has 23 heavy (non-hydrogen) atoms. The number of hydrogen-bond donors (Lipinski definition) is 0. The predicted molar refractivity (Wildman–Crippen MR) is 89.1 cm³/mol. The smallest absolute Gasteiger partial charge is 0.165 e. The number of hydrogen-bond acceptors (Lipinski definition) is 3. The van der Waals surface area contributed by atoms with Crippen LogP contribution in [-0.2, 0) is 4.74 Å². The summed E-state index contributed by atoms with van der Waals surface area (Å²) in [7, 11) is 1.67. The van der Waals surface area contributed by atoms with E-state index in [1.165, 1.54) is 18.3 Å². The number of methoxy groups -OCH3 is 1. The van der Waals surface area contributed by atoms with Crippen LogP contribution in [0.1, 0.15) is 31.7 Å². The third-order valence-corrected chi connectivity index (χ3v) is 4.53. The molecule has 0 saturated carbocycles. The zero-order chi connectivity index (χ0) is 17.0. The quantitative estimate of drug-likeness (QED) is 0.709. The van der Waals surface area contributed by atoms with Crippen molar-refractivity contribution in [2.24, 2.45) is 0 Å². The van der Waals surface area contributed by atoms with Crippen molar-refractivity contribution in [2.75, 3.05) is 25.1 Å². The first-order valence-corrected chi connectivity index (χ1v) is 7.85. The predicted octanol–water partition coefficient (Wildman–Crippen LogP) is 4.02. The molecule has 2 rings (SSSR count). The normalized spacial score (nSPS) is 19.4. The number of pyridine rings is 1. The Hall–Kier alpha value is -1.75. The van der Waals surface area contributed by atoms with Gasteiger partial charge < -0.3 is 9.64 Å². The lowest BCUT2D eigenvalue weighted by Crippen LogP contribution is -2.63. The SMILES string of the molecule is C=CC(F)C(/C=C\C)c1cnc(N2CC(CC)(OC)C2)c(F)c1. The van der Waals surface area contributed by atoms with E-state index in [-0.39, 0.29) is 5.60 Å². The van der Waals surface area contributed by atoms with Crippen molar-refractivity contribution in [3.8, 4) is 0 Å². The van der Waals surface area contributed by atoms with Gasteiger partial charge in [-0.3, -0.25) is 0 Å². The standard InChI is InChI=1S/C18H24F2N2O/c1-5-8-14(15(19)6-2)13-9-16(20)17(21-10-13)22-11-18(7-3,12-22)23-4/h5-6,8-10,14-15H,2,7,11-12H2,1,3-4H3/b8-5-. The molecule has 1 aliphatic rings. The van der Waals surface area contributed by atoms with Gasteiger partial charge in [0.05, 0.1) is 13.1 Å². The summed E-state index contributed by atoms with van der Waals surface area (Å²) in [4.78, 5) is 6.06. The number of nitrogens with zero attached hydrogens (tertiary/aromatic N) is 2. The molecule has 0 radical (unpaired) electrons. The van der Waals surface area contributed by atoms with Crippen LogP contribution in [0.15, 0.2) is 37.1 Å². The van der Waals surface area contributed by atoms with Crippen molar-refractivity contribution in [2.45, 2.75) is 38.0 Å². The number of alkyl halides is 1. The summed E-state index contributed by atoms with van der Waals surface area (Å²) in [6.45, 7) is 8.54. The van der Waals surface area contributed by atoms with Crippen LogP contribution in [0.4, 0.5) is 14.6 Å². The first-order chi connectivity index (χ1) is 11.0. The summed E-state index contributed by atoms with van der Waals surface area (Å²) < 4.78 is 33.9. The summed E-state index contributed by atoms with van der Waals surface area (Å²) in [6, 6.07) is 1.36. The average molecular weight is 322 g/mol. The van der Waals surface area contributed by atoms with Gasteiger partial charge in [-0.05, 0) is 25.0 Å². The number of anilines is 1. The summed E-state index contributed by atoms with van der Waals surface area (Å²) in [5.41, 5.74) is 0.290. The van der Waals surface area contributed by atoms with E-state index in [0.29, 0.717) is 24.5 Å². The van der Waals surface area contributed by atoms with Crippen molar-refractivity contribution in [3.05, 3.63) is 48.5 Å². The Balaban J connectivity index is 2.20. The van der Waals surface area contributed by atoms with Crippen molar-refractivity contribution >= 4 is 5.82 Å². The van der Waals surface area contributed by atoms with Gasteiger partial charge in [-0.1, -0.05) is 25.2 Å². The second-order valence-corrected chi connectivity index (χ2v) is 5.90. The Bertz CT molecular complexity index is 576. The third kappa shape index (κ3) is 3.44. The van der Waals surface area contributed by atoms with Gasteiger partial charge >= 0.3 is 0 Å². The van der Waals surface area contributed by atoms with Gasteiger partial charge in [0.15, 0.2) is 11.6 Å². The molecule has 2 heterocycles. The molecule has 1 saturated heterocycles. The Labute approximate surface area is 136 Å². The minimum atomic E-state index is -1.27. The Morgan fingerprint density at radius 1 is 1.52 bits per heavy atom. The van der Waals surface area contributed by atoms with Gasteiger partial charge in [0, 0.05) is 19.2 Å². The maximum absolute atomic E-state index is 14.4. The summed E-state index contributed by atoms with van der Waals surface area (Å²) >= 11 is 0. The summed E-state index contributed by atoms with van der Waals surface area (Å²) in [5, 5.41) is 0. The topological polar surface area (TPSA) is 25.4 Å². The van der Waals surface area contributed by atoms with E-state index >= 15 is 0 Å². The fourth-order valence-corrected chi connectivity index (χ4v) is 2.91. The Kier molecular flexibility index (Phi) is 5.52. The molecule has 2 unspecified atom stereocenters. The van der Waals surface area contributed by atoms with Crippen LogP contribution in [0.3, 0.4) is 0 Å². The lowest BCUT2D eigenvalue weighted by molar-refractivity contribution is -0.0363. The number of rotatable bonds is 7. The van der Waals surface area contributed by atoms with Crippen LogP contribution in [0.2, 0.25) is 0 Å². The molecule has 0 bridgehead atoms. The molecule has 1 fully saturated rings. The highest BCUT2D eigenvalue weighted by atomic mass is 19.1. The van der Waals surface area contributed by atoms with Crippen LogP contribution in [0.25, 0.3) is 0 Å². The first kappa shape index (κ1) is 17.6. The molecule has 3 nitrogen and oxygen atoms in total. The molecular formula is C18H24F2N2O. The number of allylic oxidation sites excluding steroid dienone is 3. The van der Waals surface area contributed by atoms with Gasteiger partial charge in [-0.15, -0.1) is 6.58 Å². The molecule has 0 amide bonds. The van der Waals surface area contributed by atoms with Crippen LogP contribution < -0.4 is 4.90 Å².